The fraction of sp³-hybridized carbons (Fsp3) is 0.435. The van der Waals surface area contributed by atoms with Crippen molar-refractivity contribution in [2.45, 2.75) is 88.4 Å². The summed E-state index contributed by atoms with van der Waals surface area (Å²) in [5.41, 5.74) is 4.68. The third-order valence-corrected chi connectivity index (χ3v) is 13.5. The van der Waals surface area contributed by atoms with E-state index in [1.807, 2.05) is 78.9 Å². The number of methoxy groups -OCH3 is 2. The molecule has 0 aliphatic carbocycles. The van der Waals surface area contributed by atoms with Gasteiger partial charge in [0.05, 0.1) is 33.5 Å². The largest absolute Gasteiger partial charge is 0.497 e. The Bertz CT molecular complexity index is 2640. The Morgan fingerprint density at radius 2 is 1.27 bits per heavy atom. The highest BCUT2D eigenvalue weighted by molar-refractivity contribution is 7.51. The summed E-state index contributed by atoms with van der Waals surface area (Å²) in [5, 5.41) is 14.0. The molecular weight excluding hydrogens is 876 g/mol. The van der Waals surface area contributed by atoms with Crippen molar-refractivity contribution >= 4 is 7.75 Å². The number of aliphatic hydroxyl groups excluding tert-OH is 1. The second-order valence-corrected chi connectivity index (χ2v) is 18.0. The van der Waals surface area contributed by atoms with E-state index in [1.165, 1.54) is 28.5 Å². The molecule has 4 heterocycles. The standard InChI is InChI=1S/C46H57N6O13P/c1-29-25-51(44(56)49-42(29)54)40-23-36(53)38(63-40)28-62-66(58,48-22-10-6-9-21-47)65-37-24-41(52-26-30(2)43(55)50-45(52)57)64-39(37)27-61-46(31-11-7-5-8-12-31,32-13-17-34(59-3)18-14-32)33-15-19-35(60-4)20-16-33/h5,7-8,11-20,25-26,36-41,53H,6,9-10,21-24,27-28,47H2,1-4H3,(H,48,58)(H,49,54,56)(H,50,55,57)/t36-,37-,38+,39+,40+,41+,66+/m0/s1. The van der Waals surface area contributed by atoms with Crippen LogP contribution in [0.5, 0.6) is 11.5 Å². The number of aryl methyl sites for hydroxylation is 2. The zero-order chi connectivity index (χ0) is 47.0. The van der Waals surface area contributed by atoms with Crippen molar-refractivity contribution in [3.05, 3.63) is 161 Å². The van der Waals surface area contributed by atoms with E-state index < -0.39 is 79.3 Å². The van der Waals surface area contributed by atoms with Crippen molar-refractivity contribution in [2.24, 2.45) is 5.73 Å². The van der Waals surface area contributed by atoms with E-state index in [4.69, 9.17) is 38.5 Å². The highest BCUT2D eigenvalue weighted by atomic mass is 31.2. The minimum atomic E-state index is -4.35. The Labute approximate surface area is 380 Å². The molecule has 66 heavy (non-hydrogen) atoms. The number of hydrogen-bond donors (Lipinski definition) is 5. The topological polar surface area (TPSA) is 250 Å². The Morgan fingerprint density at radius 1 is 0.742 bits per heavy atom. The van der Waals surface area contributed by atoms with Gasteiger partial charge in [0.1, 0.15) is 47.9 Å². The molecule has 0 spiro atoms. The second kappa shape index (κ2) is 21.4. The molecule has 0 radical (unpaired) electrons. The van der Waals surface area contributed by atoms with Crippen LogP contribution in [0.3, 0.4) is 0 Å². The molecule has 2 aliphatic heterocycles. The lowest BCUT2D eigenvalue weighted by molar-refractivity contribution is -0.0937. The van der Waals surface area contributed by atoms with Gasteiger partial charge in [0.15, 0.2) is 0 Å². The maximum absolute atomic E-state index is 15.0. The lowest BCUT2D eigenvalue weighted by Crippen LogP contribution is -2.39. The van der Waals surface area contributed by atoms with Crippen LogP contribution in [0.2, 0.25) is 0 Å². The van der Waals surface area contributed by atoms with Crippen molar-refractivity contribution in [3.8, 4) is 11.5 Å². The predicted molar refractivity (Wildman–Crippen MR) is 243 cm³/mol. The second-order valence-electron chi connectivity index (χ2n) is 16.3. The van der Waals surface area contributed by atoms with Crippen LogP contribution in [0.1, 0.15) is 72.4 Å². The van der Waals surface area contributed by atoms with Crippen LogP contribution >= 0.6 is 7.75 Å². The molecule has 5 aromatic rings. The maximum Gasteiger partial charge on any atom is 0.405 e. The number of ether oxygens (including phenoxy) is 5. The van der Waals surface area contributed by atoms with Crippen molar-refractivity contribution in [1.82, 2.24) is 24.2 Å². The van der Waals surface area contributed by atoms with Crippen LogP contribution in [0, 0.1) is 13.8 Å². The Morgan fingerprint density at radius 3 is 1.82 bits per heavy atom. The first-order chi connectivity index (χ1) is 31.8. The fourth-order valence-electron chi connectivity index (χ4n) is 8.17. The lowest BCUT2D eigenvalue weighted by atomic mass is 9.80. The molecule has 2 aromatic heterocycles. The van der Waals surface area contributed by atoms with Crippen molar-refractivity contribution in [1.29, 1.82) is 0 Å². The van der Waals surface area contributed by atoms with Gasteiger partial charge in [-0.15, -0.1) is 0 Å². The van der Waals surface area contributed by atoms with Crippen LogP contribution in [0.4, 0.5) is 0 Å². The smallest absolute Gasteiger partial charge is 0.405 e. The molecule has 19 nitrogen and oxygen atoms in total. The van der Waals surface area contributed by atoms with Gasteiger partial charge in [-0.25, -0.2) is 19.2 Å². The van der Waals surface area contributed by atoms with Crippen LogP contribution in [-0.2, 0) is 33.4 Å². The first kappa shape index (κ1) is 48.5. The van der Waals surface area contributed by atoms with E-state index in [2.05, 4.69) is 15.1 Å². The Balaban J connectivity index is 1.23. The Kier molecular flexibility index (Phi) is 15.7. The summed E-state index contributed by atoms with van der Waals surface area (Å²) in [6, 6.07) is 24.5. The summed E-state index contributed by atoms with van der Waals surface area (Å²) in [4.78, 5) is 55.0. The van der Waals surface area contributed by atoms with Gasteiger partial charge in [-0.2, -0.15) is 0 Å². The molecule has 7 atom stereocenters. The number of hydrogen-bond acceptors (Lipinski definition) is 14. The maximum atomic E-state index is 15.0. The van der Waals surface area contributed by atoms with Crippen LogP contribution < -0.4 is 42.8 Å². The number of aromatic nitrogens is 4. The summed E-state index contributed by atoms with van der Waals surface area (Å²) in [6.07, 6.45) is -1.55. The number of unbranched alkanes of at least 4 members (excludes halogenated alkanes) is 2. The van der Waals surface area contributed by atoms with E-state index in [0.717, 1.165) is 29.5 Å². The number of nitrogens with zero attached hydrogens (tertiary/aromatic N) is 2. The molecule has 0 amide bonds. The zero-order valence-electron chi connectivity index (χ0n) is 37.3. The van der Waals surface area contributed by atoms with Crippen molar-refractivity contribution in [3.63, 3.8) is 0 Å². The third kappa shape index (κ3) is 10.9. The molecule has 354 valence electrons. The van der Waals surface area contributed by atoms with Crippen molar-refractivity contribution in [2.75, 3.05) is 40.5 Å². The van der Waals surface area contributed by atoms with Gasteiger partial charge in [0.2, 0.25) is 0 Å². The van der Waals surface area contributed by atoms with Crippen molar-refractivity contribution < 1.29 is 42.4 Å². The third-order valence-electron chi connectivity index (χ3n) is 11.8. The van der Waals surface area contributed by atoms with E-state index >= 15 is 4.57 Å². The molecule has 6 N–H and O–H groups in total. The number of aliphatic hydroxyl groups is 1. The van der Waals surface area contributed by atoms with Gasteiger partial charge in [0.25, 0.3) is 11.1 Å². The van der Waals surface area contributed by atoms with Gasteiger partial charge < -0.3 is 34.5 Å². The van der Waals surface area contributed by atoms with Gasteiger partial charge in [-0.05, 0) is 74.2 Å². The van der Waals surface area contributed by atoms with Crippen LogP contribution in [0.15, 0.2) is 110 Å². The molecule has 7 rings (SSSR count). The van der Waals surface area contributed by atoms with Crippen LogP contribution in [0.25, 0.3) is 0 Å². The minimum absolute atomic E-state index is 0.0203. The average molecular weight is 933 g/mol. The normalized spacial score (nSPS) is 21.7. The number of nitrogens with one attached hydrogen (secondary N) is 3. The molecule has 0 unspecified atom stereocenters. The molecule has 2 saturated heterocycles. The molecule has 2 aliphatic rings. The zero-order valence-corrected chi connectivity index (χ0v) is 38.1. The van der Waals surface area contributed by atoms with Gasteiger partial charge in [0, 0.05) is 42.9 Å². The van der Waals surface area contributed by atoms with Crippen LogP contribution in [-0.4, -0.2) is 89.1 Å². The quantitative estimate of drug-likeness (QED) is 0.0398. The summed E-state index contributed by atoms with van der Waals surface area (Å²) in [5.74, 6) is 1.26. The molecular formula is C46H57N6O13P. The highest BCUT2D eigenvalue weighted by Gasteiger charge is 2.46. The summed E-state index contributed by atoms with van der Waals surface area (Å²) < 4.78 is 60.9. The van der Waals surface area contributed by atoms with Gasteiger partial charge >= 0.3 is 19.1 Å². The van der Waals surface area contributed by atoms with Gasteiger partial charge in [-0.1, -0.05) is 61.0 Å². The SMILES string of the molecule is COc1ccc(C(OC[C@H]2O[C@@H](n3cc(C)c(=O)[nH]c3=O)C[C@@H]2O[P@@](=O)(NCCCCCN)OC[C@H]2O[C@@H](n3cc(C)c(=O)[nH]c3=O)C[C@@H]2O)(c2ccccc2)c2ccc(OC)cc2)cc1. The van der Waals surface area contributed by atoms with E-state index in [0.29, 0.717) is 24.5 Å². The van der Waals surface area contributed by atoms with E-state index in [9.17, 15) is 24.3 Å². The molecule has 3 aromatic carbocycles. The molecule has 20 heteroatoms. The number of nitrogens with two attached hydrogens (primary N) is 1. The fourth-order valence-corrected chi connectivity index (χ4v) is 9.75. The summed E-state index contributed by atoms with van der Waals surface area (Å²) >= 11 is 0. The summed E-state index contributed by atoms with van der Waals surface area (Å²) in [7, 11) is -1.19. The molecule has 0 saturated carbocycles. The molecule has 0 bridgehead atoms. The summed E-state index contributed by atoms with van der Waals surface area (Å²) in [6.45, 7) is 3.15. The first-order valence-corrected chi connectivity index (χ1v) is 23.3. The lowest BCUT2D eigenvalue weighted by Gasteiger charge is -2.37. The van der Waals surface area contributed by atoms with E-state index in [1.54, 1.807) is 21.1 Å². The van der Waals surface area contributed by atoms with E-state index in [-0.39, 0.29) is 37.1 Å². The monoisotopic (exact) mass is 932 g/mol. The number of H-pyrrole nitrogens is 2. The molecule has 2 fully saturated rings. The number of aromatic amines is 2. The Hall–Kier alpha value is -5.47. The predicted octanol–water partition coefficient (Wildman–Crippen LogP) is 3.89. The minimum Gasteiger partial charge on any atom is -0.497 e. The average Bonchev–Trinajstić information content (AvgIpc) is 3.90. The first-order valence-electron chi connectivity index (χ1n) is 21.8. The number of rotatable bonds is 21. The number of benzene rings is 3. The van der Waals surface area contributed by atoms with Gasteiger partial charge in [-0.3, -0.25) is 37.7 Å². The highest BCUT2D eigenvalue weighted by Crippen LogP contribution is 2.50.